The second-order valence-corrected chi connectivity index (χ2v) is 10.9. The molecule has 7 nitrogen and oxygen atoms in total. The van der Waals surface area contributed by atoms with Gasteiger partial charge in [-0.05, 0) is 60.7 Å². The third kappa shape index (κ3) is 6.43. The van der Waals surface area contributed by atoms with E-state index in [4.69, 9.17) is 9.47 Å². The predicted molar refractivity (Wildman–Crippen MR) is 147 cm³/mol. The Kier molecular flexibility index (Phi) is 9.05. The van der Waals surface area contributed by atoms with Crippen molar-refractivity contribution < 1.29 is 24.2 Å². The van der Waals surface area contributed by atoms with Gasteiger partial charge >= 0.3 is 0 Å². The molecule has 2 saturated heterocycles. The van der Waals surface area contributed by atoms with Crippen molar-refractivity contribution in [3.05, 3.63) is 69.2 Å². The second kappa shape index (κ2) is 12.2. The van der Waals surface area contributed by atoms with Gasteiger partial charge < -0.3 is 19.5 Å². The molecule has 0 aliphatic carbocycles. The van der Waals surface area contributed by atoms with Crippen LogP contribution in [-0.4, -0.2) is 72.6 Å². The number of benzene rings is 2. The molecule has 2 aliphatic rings. The smallest absolute Gasteiger partial charge is 0.295 e. The number of ketones is 1. The normalized spacial score (nSPS) is 20.1. The third-order valence-electron chi connectivity index (χ3n) is 6.74. The molecule has 2 fully saturated rings. The van der Waals surface area contributed by atoms with Crippen LogP contribution in [0, 0.1) is 12.8 Å². The van der Waals surface area contributed by atoms with Crippen molar-refractivity contribution in [1.29, 1.82) is 0 Å². The Labute approximate surface area is 227 Å². The number of nitrogens with zero attached hydrogens (tertiary/aromatic N) is 2. The van der Waals surface area contributed by atoms with Gasteiger partial charge in [0.05, 0.1) is 31.4 Å². The van der Waals surface area contributed by atoms with Crippen molar-refractivity contribution in [1.82, 2.24) is 9.80 Å². The van der Waals surface area contributed by atoms with Crippen LogP contribution in [0.5, 0.6) is 5.75 Å². The highest BCUT2D eigenvalue weighted by Gasteiger charge is 2.46. The minimum absolute atomic E-state index is 0.123. The SMILES string of the molecule is Cc1cc(OCC(C)C)ccc1C(O)=C1C(=O)C(=O)N(CCCN2CCOCC2)C1c1ccc(Br)cc1. The fourth-order valence-electron chi connectivity index (χ4n) is 4.79. The van der Waals surface area contributed by atoms with Crippen LogP contribution in [0.1, 0.15) is 43.0 Å². The number of rotatable bonds is 9. The molecule has 198 valence electrons. The zero-order chi connectivity index (χ0) is 26.5. The number of halogens is 1. The first-order valence-corrected chi connectivity index (χ1v) is 13.6. The highest BCUT2D eigenvalue weighted by atomic mass is 79.9. The molecule has 0 bridgehead atoms. The van der Waals surface area contributed by atoms with Crippen LogP contribution < -0.4 is 4.74 Å². The minimum atomic E-state index is -0.658. The summed E-state index contributed by atoms with van der Waals surface area (Å²) in [5.41, 5.74) is 2.19. The zero-order valence-electron chi connectivity index (χ0n) is 21.7. The van der Waals surface area contributed by atoms with Crippen molar-refractivity contribution in [3.63, 3.8) is 0 Å². The molecule has 4 rings (SSSR count). The molecule has 8 heteroatoms. The first-order chi connectivity index (χ1) is 17.8. The van der Waals surface area contributed by atoms with E-state index >= 15 is 0 Å². The number of morpholine rings is 1. The largest absolute Gasteiger partial charge is 0.507 e. The van der Waals surface area contributed by atoms with Crippen LogP contribution in [-0.2, 0) is 14.3 Å². The van der Waals surface area contributed by atoms with Gasteiger partial charge in [-0.3, -0.25) is 14.5 Å². The van der Waals surface area contributed by atoms with E-state index in [9.17, 15) is 14.7 Å². The van der Waals surface area contributed by atoms with E-state index in [1.54, 1.807) is 17.0 Å². The summed E-state index contributed by atoms with van der Waals surface area (Å²) in [6, 6.07) is 12.3. The Morgan fingerprint density at radius 1 is 1.11 bits per heavy atom. The molecule has 2 aromatic rings. The minimum Gasteiger partial charge on any atom is -0.507 e. The standard InChI is InChI=1S/C29H35BrN2O5/c1-19(2)18-37-23-9-10-24(20(3)17-23)27(33)25-26(21-5-7-22(30)8-6-21)32(29(35)28(25)34)12-4-11-31-13-15-36-16-14-31/h5-10,17,19,26,33H,4,11-16,18H2,1-3H3. The molecule has 0 aromatic heterocycles. The number of carbonyl (C=O) groups is 2. The molecule has 1 unspecified atom stereocenters. The molecule has 0 radical (unpaired) electrons. The van der Waals surface area contributed by atoms with Gasteiger partial charge in [-0.1, -0.05) is 41.9 Å². The van der Waals surface area contributed by atoms with E-state index in [2.05, 4.69) is 34.7 Å². The summed E-state index contributed by atoms with van der Waals surface area (Å²) < 4.78 is 12.1. The molecule has 37 heavy (non-hydrogen) atoms. The summed E-state index contributed by atoms with van der Waals surface area (Å²) in [7, 11) is 0. The Morgan fingerprint density at radius 3 is 2.46 bits per heavy atom. The topological polar surface area (TPSA) is 79.3 Å². The van der Waals surface area contributed by atoms with Crippen LogP contribution >= 0.6 is 15.9 Å². The van der Waals surface area contributed by atoms with E-state index in [1.807, 2.05) is 37.3 Å². The number of carbonyl (C=O) groups excluding carboxylic acids is 2. The number of Topliss-reactive ketones (excluding diaryl/α,β-unsaturated/α-hetero) is 1. The molecule has 0 spiro atoms. The lowest BCUT2D eigenvalue weighted by atomic mass is 9.94. The molecule has 2 aromatic carbocycles. The number of aliphatic hydroxyl groups excluding tert-OH is 1. The summed E-state index contributed by atoms with van der Waals surface area (Å²) in [5.74, 6) is -0.300. The Hall–Kier alpha value is -2.68. The van der Waals surface area contributed by atoms with Crippen molar-refractivity contribution in [3.8, 4) is 5.75 Å². The van der Waals surface area contributed by atoms with Crippen molar-refractivity contribution >= 4 is 33.4 Å². The maximum atomic E-state index is 13.3. The van der Waals surface area contributed by atoms with Gasteiger partial charge in [-0.2, -0.15) is 0 Å². The van der Waals surface area contributed by atoms with Crippen LogP contribution in [0.4, 0.5) is 0 Å². The Morgan fingerprint density at radius 2 is 1.81 bits per heavy atom. The second-order valence-electron chi connectivity index (χ2n) is 10.0. The summed E-state index contributed by atoms with van der Waals surface area (Å²) >= 11 is 3.46. The van der Waals surface area contributed by atoms with Gasteiger partial charge in [0.15, 0.2) is 0 Å². The molecule has 1 atom stereocenters. The maximum absolute atomic E-state index is 13.3. The Balaban J connectivity index is 1.65. The lowest BCUT2D eigenvalue weighted by Gasteiger charge is -2.29. The van der Waals surface area contributed by atoms with E-state index in [-0.39, 0.29) is 11.3 Å². The van der Waals surface area contributed by atoms with E-state index in [0.29, 0.717) is 43.6 Å². The van der Waals surface area contributed by atoms with Crippen molar-refractivity contribution in [2.75, 3.05) is 46.0 Å². The molecule has 1 N–H and O–H groups in total. The maximum Gasteiger partial charge on any atom is 0.295 e. The quantitative estimate of drug-likeness (QED) is 0.261. The molecular weight excluding hydrogens is 536 g/mol. The van der Waals surface area contributed by atoms with Gasteiger partial charge in [-0.15, -0.1) is 0 Å². The Bertz CT molecular complexity index is 1160. The number of aryl methyl sites for hydroxylation is 1. The number of likely N-dealkylation sites (tertiary alicyclic amines) is 1. The van der Waals surface area contributed by atoms with Gasteiger partial charge in [0, 0.05) is 36.2 Å². The van der Waals surface area contributed by atoms with Gasteiger partial charge in [-0.25, -0.2) is 0 Å². The van der Waals surface area contributed by atoms with Gasteiger partial charge in [0.25, 0.3) is 11.7 Å². The molecule has 1 amide bonds. The van der Waals surface area contributed by atoms with Crippen LogP contribution in [0.2, 0.25) is 0 Å². The average Bonchev–Trinajstić information content (AvgIpc) is 3.13. The fraction of sp³-hybridized carbons (Fsp3) is 0.448. The number of ether oxygens (including phenoxy) is 2. The summed E-state index contributed by atoms with van der Waals surface area (Å²) in [6.07, 6.45) is 0.723. The van der Waals surface area contributed by atoms with Gasteiger partial charge in [0.1, 0.15) is 11.5 Å². The first-order valence-electron chi connectivity index (χ1n) is 12.8. The highest BCUT2D eigenvalue weighted by Crippen LogP contribution is 2.40. The van der Waals surface area contributed by atoms with Crippen molar-refractivity contribution in [2.24, 2.45) is 5.92 Å². The highest BCUT2D eigenvalue weighted by molar-refractivity contribution is 9.10. The zero-order valence-corrected chi connectivity index (χ0v) is 23.3. The van der Waals surface area contributed by atoms with Crippen LogP contribution in [0.25, 0.3) is 5.76 Å². The molecule has 2 aliphatic heterocycles. The van der Waals surface area contributed by atoms with E-state index < -0.39 is 17.7 Å². The number of hydrogen-bond acceptors (Lipinski definition) is 6. The number of aliphatic hydroxyl groups is 1. The van der Waals surface area contributed by atoms with Crippen LogP contribution in [0.3, 0.4) is 0 Å². The summed E-state index contributed by atoms with van der Waals surface area (Å²) in [4.78, 5) is 30.5. The molecular formula is C29H35BrN2O5. The first kappa shape index (κ1) is 27.4. The predicted octanol–water partition coefficient (Wildman–Crippen LogP) is 4.94. The average molecular weight is 572 g/mol. The molecule has 2 heterocycles. The number of hydrogen-bond donors (Lipinski definition) is 1. The van der Waals surface area contributed by atoms with E-state index in [0.717, 1.165) is 41.7 Å². The lowest BCUT2D eigenvalue weighted by Crippen LogP contribution is -2.38. The van der Waals surface area contributed by atoms with E-state index in [1.165, 1.54) is 0 Å². The lowest BCUT2D eigenvalue weighted by molar-refractivity contribution is -0.140. The monoisotopic (exact) mass is 570 g/mol. The van der Waals surface area contributed by atoms with Gasteiger partial charge in [0.2, 0.25) is 0 Å². The fourth-order valence-corrected chi connectivity index (χ4v) is 5.06. The molecule has 0 saturated carbocycles. The van der Waals surface area contributed by atoms with Crippen LogP contribution in [0.15, 0.2) is 52.5 Å². The number of amides is 1. The summed E-state index contributed by atoms with van der Waals surface area (Å²) in [6.45, 7) is 11.0. The summed E-state index contributed by atoms with van der Waals surface area (Å²) in [5, 5.41) is 11.4. The third-order valence-corrected chi connectivity index (χ3v) is 7.27. The van der Waals surface area contributed by atoms with Crippen molar-refractivity contribution in [2.45, 2.75) is 33.2 Å².